The fourth-order valence-electron chi connectivity index (χ4n) is 5.43. The Bertz CT molecular complexity index is 1040. The zero-order valence-electron chi connectivity index (χ0n) is 20.8. The molecule has 2 saturated heterocycles. The fraction of sp³-hybridized carbons (Fsp3) is 0.481. The number of nitrogens with zero attached hydrogens (tertiary/aromatic N) is 1. The second-order valence-corrected chi connectivity index (χ2v) is 9.29. The molecule has 2 N–H and O–H groups in total. The molecule has 4 rings (SSSR count). The fourth-order valence-corrected chi connectivity index (χ4v) is 5.43. The number of benzene rings is 2. The molecule has 2 heterocycles. The Morgan fingerprint density at radius 3 is 2.20 bits per heavy atom. The van der Waals surface area contributed by atoms with Crippen molar-refractivity contribution in [1.82, 2.24) is 15.5 Å². The summed E-state index contributed by atoms with van der Waals surface area (Å²) < 4.78 is 16.5. The summed E-state index contributed by atoms with van der Waals surface area (Å²) in [5.41, 5.74) is 1.43. The second kappa shape index (κ2) is 11.0. The summed E-state index contributed by atoms with van der Waals surface area (Å²) in [6, 6.07) is 13.7. The molecule has 35 heavy (non-hydrogen) atoms. The summed E-state index contributed by atoms with van der Waals surface area (Å²) >= 11 is 0. The molecule has 2 aliphatic rings. The van der Waals surface area contributed by atoms with Gasteiger partial charge in [0, 0.05) is 18.2 Å². The third-order valence-electron chi connectivity index (χ3n) is 7.31. The van der Waals surface area contributed by atoms with Crippen molar-refractivity contribution in [3.8, 4) is 17.2 Å². The average molecular weight is 482 g/mol. The molecule has 2 aliphatic heterocycles. The third-order valence-corrected chi connectivity index (χ3v) is 7.31. The van der Waals surface area contributed by atoms with Gasteiger partial charge in [0.25, 0.3) is 5.91 Å². The van der Waals surface area contributed by atoms with E-state index in [0.717, 1.165) is 50.1 Å². The average Bonchev–Trinajstić information content (AvgIpc) is 3.18. The van der Waals surface area contributed by atoms with E-state index in [9.17, 15) is 9.59 Å². The van der Waals surface area contributed by atoms with Crippen molar-refractivity contribution in [3.63, 3.8) is 0 Å². The number of ether oxygens (including phenoxy) is 3. The summed E-state index contributed by atoms with van der Waals surface area (Å²) in [6.45, 7) is 2.35. The van der Waals surface area contributed by atoms with Crippen molar-refractivity contribution in [2.75, 3.05) is 34.4 Å². The summed E-state index contributed by atoms with van der Waals surface area (Å²) in [4.78, 5) is 27.5. The van der Waals surface area contributed by atoms with Crippen LogP contribution in [0, 0.1) is 5.92 Å². The van der Waals surface area contributed by atoms with Gasteiger partial charge in [-0.3, -0.25) is 15.0 Å². The predicted octanol–water partition coefficient (Wildman–Crippen LogP) is 3.53. The molecule has 0 radical (unpaired) electrons. The van der Waals surface area contributed by atoms with Gasteiger partial charge in [-0.05, 0) is 62.7 Å². The van der Waals surface area contributed by atoms with Crippen LogP contribution in [0.25, 0.3) is 0 Å². The Kier molecular flexibility index (Phi) is 7.80. The predicted molar refractivity (Wildman–Crippen MR) is 133 cm³/mol. The number of carbonyl (C=O) groups is 2. The minimum Gasteiger partial charge on any atom is -0.496 e. The van der Waals surface area contributed by atoms with Crippen LogP contribution in [-0.4, -0.2) is 56.8 Å². The topological polar surface area (TPSA) is 89.1 Å². The van der Waals surface area contributed by atoms with E-state index in [-0.39, 0.29) is 17.9 Å². The molecule has 0 spiro atoms. The zero-order valence-corrected chi connectivity index (χ0v) is 20.8. The van der Waals surface area contributed by atoms with Crippen LogP contribution in [0.4, 0.5) is 4.79 Å². The number of aryl methyl sites for hydroxylation is 1. The number of piperidine rings is 1. The minimum atomic E-state index is -0.834. The van der Waals surface area contributed by atoms with E-state index in [1.54, 1.807) is 21.3 Å². The van der Waals surface area contributed by atoms with Gasteiger partial charge in [0.05, 0.1) is 21.3 Å². The lowest BCUT2D eigenvalue weighted by Gasteiger charge is -2.41. The normalized spacial score (nSPS) is 20.9. The van der Waals surface area contributed by atoms with Crippen molar-refractivity contribution < 1.29 is 23.8 Å². The number of rotatable bonds is 10. The summed E-state index contributed by atoms with van der Waals surface area (Å²) in [5, 5.41) is 5.51. The highest BCUT2D eigenvalue weighted by Crippen LogP contribution is 2.38. The van der Waals surface area contributed by atoms with Crippen LogP contribution < -0.4 is 24.8 Å². The van der Waals surface area contributed by atoms with Crippen LogP contribution >= 0.6 is 0 Å². The monoisotopic (exact) mass is 481 g/mol. The van der Waals surface area contributed by atoms with E-state index < -0.39 is 5.54 Å². The van der Waals surface area contributed by atoms with Crippen LogP contribution in [0.2, 0.25) is 0 Å². The maximum Gasteiger partial charge on any atom is 0.322 e. The molecule has 8 heteroatoms. The lowest BCUT2D eigenvalue weighted by molar-refractivity contribution is -0.127. The second-order valence-electron chi connectivity index (χ2n) is 9.29. The van der Waals surface area contributed by atoms with Gasteiger partial charge in [-0.2, -0.15) is 0 Å². The lowest BCUT2D eigenvalue weighted by Crippen LogP contribution is -2.56. The summed E-state index contributed by atoms with van der Waals surface area (Å²) in [6.07, 6.45) is 4.00. The van der Waals surface area contributed by atoms with Gasteiger partial charge >= 0.3 is 6.03 Å². The molecule has 0 saturated carbocycles. The molecule has 2 aromatic carbocycles. The Balaban J connectivity index is 1.42. The highest BCUT2D eigenvalue weighted by atomic mass is 16.5. The molecule has 0 aliphatic carbocycles. The summed E-state index contributed by atoms with van der Waals surface area (Å²) in [7, 11) is 4.88. The highest BCUT2D eigenvalue weighted by molar-refractivity contribution is 6.07. The van der Waals surface area contributed by atoms with Crippen LogP contribution in [-0.2, 0) is 17.8 Å². The minimum absolute atomic E-state index is 0.0910. The SMILES string of the molecule is COc1cc(OC)c(OC)cc1CN1CCC([C@]2(CCCc3ccccc3)NC(=O)NC2=O)CC1. The smallest absolute Gasteiger partial charge is 0.322 e. The number of likely N-dealkylation sites (tertiary alicyclic amines) is 1. The van der Waals surface area contributed by atoms with E-state index in [2.05, 4.69) is 27.7 Å². The molecular formula is C27H35N3O5. The van der Waals surface area contributed by atoms with Crippen LogP contribution in [0.3, 0.4) is 0 Å². The van der Waals surface area contributed by atoms with E-state index in [4.69, 9.17) is 14.2 Å². The molecule has 2 fully saturated rings. The molecule has 188 valence electrons. The van der Waals surface area contributed by atoms with Gasteiger partial charge in [-0.1, -0.05) is 30.3 Å². The number of methoxy groups -OCH3 is 3. The van der Waals surface area contributed by atoms with Crippen LogP contribution in [0.1, 0.15) is 36.8 Å². The number of urea groups is 1. The van der Waals surface area contributed by atoms with Crippen molar-refractivity contribution in [1.29, 1.82) is 0 Å². The molecule has 8 nitrogen and oxygen atoms in total. The van der Waals surface area contributed by atoms with Crippen molar-refractivity contribution in [2.24, 2.45) is 5.92 Å². The number of nitrogens with one attached hydrogen (secondary N) is 2. The van der Waals surface area contributed by atoms with Gasteiger partial charge < -0.3 is 19.5 Å². The molecule has 3 amide bonds. The van der Waals surface area contributed by atoms with Gasteiger partial charge in [0.15, 0.2) is 11.5 Å². The van der Waals surface area contributed by atoms with E-state index in [0.29, 0.717) is 24.5 Å². The first-order valence-electron chi connectivity index (χ1n) is 12.2. The first-order valence-corrected chi connectivity index (χ1v) is 12.2. The zero-order chi connectivity index (χ0) is 24.8. The quantitative estimate of drug-likeness (QED) is 0.505. The Labute approximate surface area is 206 Å². The number of hydrogen-bond acceptors (Lipinski definition) is 6. The first-order chi connectivity index (χ1) is 17.0. The first kappa shape index (κ1) is 24.9. The molecular weight excluding hydrogens is 446 g/mol. The standard InChI is InChI=1S/C27H35N3O5/c1-33-22-17-24(35-3)23(34-2)16-20(22)18-30-14-11-21(12-15-30)27(25(31)28-26(32)29-27)13-7-10-19-8-5-4-6-9-19/h4-6,8-9,16-17,21H,7,10-15,18H2,1-3H3,(H2,28,29,31,32)/t27-/m0/s1. The van der Waals surface area contributed by atoms with Crippen molar-refractivity contribution >= 4 is 11.9 Å². The molecule has 0 unspecified atom stereocenters. The number of imide groups is 1. The van der Waals surface area contributed by atoms with Crippen molar-refractivity contribution in [3.05, 3.63) is 53.6 Å². The van der Waals surface area contributed by atoms with Crippen LogP contribution in [0.5, 0.6) is 17.2 Å². The van der Waals surface area contributed by atoms with Gasteiger partial charge in [-0.25, -0.2) is 4.79 Å². The number of amides is 3. The lowest BCUT2D eigenvalue weighted by atomic mass is 9.74. The number of carbonyl (C=O) groups excluding carboxylic acids is 2. The maximum absolute atomic E-state index is 13.0. The van der Waals surface area contributed by atoms with Gasteiger partial charge in [0.2, 0.25) is 0 Å². The molecule has 1 atom stereocenters. The van der Waals surface area contributed by atoms with Gasteiger partial charge in [0.1, 0.15) is 11.3 Å². The van der Waals surface area contributed by atoms with Crippen molar-refractivity contribution in [2.45, 2.75) is 44.2 Å². The Morgan fingerprint density at radius 2 is 1.60 bits per heavy atom. The largest absolute Gasteiger partial charge is 0.496 e. The van der Waals surface area contributed by atoms with Crippen LogP contribution in [0.15, 0.2) is 42.5 Å². The van der Waals surface area contributed by atoms with E-state index in [1.165, 1.54) is 5.56 Å². The van der Waals surface area contributed by atoms with E-state index >= 15 is 0 Å². The molecule has 0 bridgehead atoms. The number of hydrogen-bond donors (Lipinski definition) is 2. The highest BCUT2D eigenvalue weighted by Gasteiger charge is 2.51. The Morgan fingerprint density at radius 1 is 0.943 bits per heavy atom. The maximum atomic E-state index is 13.0. The molecule has 0 aromatic heterocycles. The van der Waals surface area contributed by atoms with E-state index in [1.807, 2.05) is 30.3 Å². The molecule has 2 aromatic rings. The summed E-state index contributed by atoms with van der Waals surface area (Å²) in [5.74, 6) is 1.96. The van der Waals surface area contributed by atoms with Gasteiger partial charge in [-0.15, -0.1) is 0 Å². The Hall–Kier alpha value is -3.26. The third kappa shape index (κ3) is 5.37.